The fraction of sp³-hybridized carbons (Fsp3) is 0.0149. The van der Waals surface area contributed by atoms with Gasteiger partial charge >= 0.3 is 0 Å². The molecule has 0 spiro atoms. The van der Waals surface area contributed by atoms with E-state index in [1.54, 1.807) is 0 Å². The number of fused-ring (bicyclic) bond motifs is 12. The third-order valence-electron chi connectivity index (χ3n) is 14.4. The predicted molar refractivity (Wildman–Crippen MR) is 303 cm³/mol. The minimum absolute atomic E-state index is 0.854. The van der Waals surface area contributed by atoms with Crippen LogP contribution in [0.2, 0.25) is 0 Å². The van der Waals surface area contributed by atoms with Gasteiger partial charge in [-0.3, -0.25) is 0 Å². The summed E-state index contributed by atoms with van der Waals surface area (Å²) >= 11 is 1.86. The van der Waals surface area contributed by atoms with Crippen LogP contribution in [0.1, 0.15) is 11.1 Å². The number of furan rings is 1. The van der Waals surface area contributed by atoms with Gasteiger partial charge in [-0.2, -0.15) is 0 Å². The molecular formula is C67H44N2OS. The molecule has 13 aromatic rings. The molecule has 3 nitrogen and oxygen atoms in total. The van der Waals surface area contributed by atoms with Gasteiger partial charge in [0.15, 0.2) is 5.58 Å². The summed E-state index contributed by atoms with van der Waals surface area (Å²) in [4.78, 5) is 2.30. The molecule has 0 aliphatic heterocycles. The van der Waals surface area contributed by atoms with Crippen LogP contribution < -0.4 is 4.90 Å². The molecule has 3 aromatic heterocycles. The summed E-state index contributed by atoms with van der Waals surface area (Å²) in [5, 5.41) is 7.23. The first kappa shape index (κ1) is 41.1. The second kappa shape index (κ2) is 16.6. The Morgan fingerprint density at radius 2 is 1.10 bits per heavy atom. The van der Waals surface area contributed by atoms with Crippen molar-refractivity contribution in [2.24, 2.45) is 0 Å². The molecule has 1 aliphatic rings. The highest BCUT2D eigenvalue weighted by molar-refractivity contribution is 7.25. The summed E-state index contributed by atoms with van der Waals surface area (Å²) < 4.78 is 11.7. The molecule has 0 fully saturated rings. The number of rotatable bonds is 6. The monoisotopic (exact) mass is 924 g/mol. The maximum absolute atomic E-state index is 6.59. The lowest BCUT2D eigenvalue weighted by molar-refractivity contribution is 0.669. The third kappa shape index (κ3) is 6.87. The molecule has 0 atom stereocenters. The molecule has 3 heterocycles. The summed E-state index contributed by atoms with van der Waals surface area (Å²) in [6, 6.07) is 79.7. The molecule has 0 saturated heterocycles. The lowest BCUT2D eigenvalue weighted by atomic mass is 9.90. The van der Waals surface area contributed by atoms with Crippen molar-refractivity contribution in [2.45, 2.75) is 6.42 Å². The van der Waals surface area contributed by atoms with Crippen LogP contribution in [0.3, 0.4) is 0 Å². The average Bonchev–Trinajstić information content (AvgIpc) is 4.11. The zero-order valence-corrected chi connectivity index (χ0v) is 39.5. The first-order valence-corrected chi connectivity index (χ1v) is 25.0. The van der Waals surface area contributed by atoms with Gasteiger partial charge in [0.2, 0.25) is 0 Å². The number of para-hydroxylation sites is 3. The Morgan fingerprint density at radius 1 is 0.451 bits per heavy atom. The molecule has 1 aliphatic carbocycles. The molecule has 10 aromatic carbocycles. The van der Waals surface area contributed by atoms with Crippen molar-refractivity contribution in [3.8, 4) is 39.1 Å². The SMILES string of the molecule is C=C1/C=C\C=C/Cc2ccccc2-c2cc(-n3c4ccc(-c5ccc(N(c6ccccc6)c6cccc7c6oc6ccccc67)cc5)cc4c4cc(-c5ccc6sc7ccccc7c6c5)ccc43)ccc21. The van der Waals surface area contributed by atoms with Crippen LogP contribution in [0.4, 0.5) is 17.1 Å². The maximum Gasteiger partial charge on any atom is 0.159 e. The highest BCUT2D eigenvalue weighted by Crippen LogP contribution is 2.45. The Bertz CT molecular complexity index is 4330. The van der Waals surface area contributed by atoms with Crippen molar-refractivity contribution < 1.29 is 4.42 Å². The zero-order chi connectivity index (χ0) is 47.0. The lowest BCUT2D eigenvalue weighted by Crippen LogP contribution is -2.10. The molecule has 0 unspecified atom stereocenters. The lowest BCUT2D eigenvalue weighted by Gasteiger charge is -2.25. The van der Waals surface area contributed by atoms with Gasteiger partial charge in [0.05, 0.1) is 16.7 Å². The van der Waals surface area contributed by atoms with Gasteiger partial charge in [-0.1, -0.05) is 158 Å². The Balaban J connectivity index is 0.933. The fourth-order valence-electron chi connectivity index (χ4n) is 11.0. The van der Waals surface area contributed by atoms with E-state index in [4.69, 9.17) is 4.42 Å². The minimum atomic E-state index is 0.854. The van der Waals surface area contributed by atoms with Crippen molar-refractivity contribution in [1.29, 1.82) is 0 Å². The standard InChI is InChI=1S/C67H44N2OS/c1-43-15-4-2-5-16-45-17-8-9-20-53(45)57-42-51(34-35-52(43)57)69-61-36-29-46(39-58(61)59-40-47(30-37-62(59)69)48-31-38-66-60(41-48)55-22-11-13-26-65(55)71-66)44-27-32-50(33-28-44)68(49-18-6-3-7-19-49)63-24-14-23-56-54-21-10-12-25-64(54)70-67(56)63/h2-15,17-42H,1,16H2/b5-2-,15-4-. The Morgan fingerprint density at radius 3 is 1.93 bits per heavy atom. The van der Waals surface area contributed by atoms with E-state index in [9.17, 15) is 0 Å². The second-order valence-electron chi connectivity index (χ2n) is 18.5. The summed E-state index contributed by atoms with van der Waals surface area (Å²) in [5.74, 6) is 0. The van der Waals surface area contributed by atoms with Gasteiger partial charge in [-0.05, 0) is 147 Å². The molecule has 0 amide bonds. The average molecular weight is 925 g/mol. The van der Waals surface area contributed by atoms with Crippen LogP contribution in [0, 0.1) is 0 Å². The van der Waals surface area contributed by atoms with E-state index in [1.165, 1.54) is 58.8 Å². The Hall–Kier alpha value is -8.96. The maximum atomic E-state index is 6.59. The number of hydrogen-bond donors (Lipinski definition) is 0. The smallest absolute Gasteiger partial charge is 0.159 e. The van der Waals surface area contributed by atoms with Gasteiger partial charge in [0.25, 0.3) is 0 Å². The van der Waals surface area contributed by atoms with Crippen molar-refractivity contribution >= 4 is 97.9 Å². The van der Waals surface area contributed by atoms with Crippen LogP contribution in [0.5, 0.6) is 0 Å². The third-order valence-corrected chi connectivity index (χ3v) is 15.5. The van der Waals surface area contributed by atoms with E-state index in [2.05, 4.69) is 247 Å². The molecule has 71 heavy (non-hydrogen) atoms. The molecule has 334 valence electrons. The number of allylic oxidation sites excluding steroid dienone is 5. The van der Waals surface area contributed by atoms with Gasteiger partial charge in [-0.15, -0.1) is 11.3 Å². The highest BCUT2D eigenvalue weighted by Gasteiger charge is 2.21. The van der Waals surface area contributed by atoms with Crippen LogP contribution in [-0.4, -0.2) is 4.57 Å². The number of anilines is 3. The van der Waals surface area contributed by atoms with Crippen LogP contribution >= 0.6 is 11.3 Å². The molecule has 14 rings (SSSR count). The first-order valence-electron chi connectivity index (χ1n) is 24.2. The number of aromatic nitrogens is 1. The zero-order valence-electron chi connectivity index (χ0n) is 38.7. The van der Waals surface area contributed by atoms with Gasteiger partial charge in [-0.25, -0.2) is 0 Å². The highest BCUT2D eigenvalue weighted by atomic mass is 32.1. The van der Waals surface area contributed by atoms with Crippen molar-refractivity contribution in [3.05, 3.63) is 260 Å². The van der Waals surface area contributed by atoms with E-state index in [-0.39, 0.29) is 0 Å². The molecule has 0 N–H and O–H groups in total. The fourth-order valence-corrected chi connectivity index (χ4v) is 12.0. The molecule has 0 bridgehead atoms. The van der Waals surface area contributed by atoms with E-state index in [0.717, 1.165) is 84.4 Å². The molecule has 0 radical (unpaired) electrons. The van der Waals surface area contributed by atoms with E-state index in [1.807, 2.05) is 23.5 Å². The molecule has 4 heteroatoms. The number of nitrogens with zero attached hydrogens (tertiary/aromatic N) is 2. The predicted octanol–water partition coefficient (Wildman–Crippen LogP) is 19.2. The van der Waals surface area contributed by atoms with E-state index >= 15 is 0 Å². The quantitative estimate of drug-likeness (QED) is 0.166. The van der Waals surface area contributed by atoms with Crippen LogP contribution in [-0.2, 0) is 6.42 Å². The number of hydrogen-bond acceptors (Lipinski definition) is 3. The number of thiophene rings is 1. The topological polar surface area (TPSA) is 21.3 Å². The van der Waals surface area contributed by atoms with Crippen molar-refractivity contribution in [3.63, 3.8) is 0 Å². The normalized spacial score (nSPS) is 13.5. The minimum Gasteiger partial charge on any atom is -0.454 e. The molecule has 0 saturated carbocycles. The first-order chi connectivity index (χ1) is 35.1. The van der Waals surface area contributed by atoms with Crippen LogP contribution in [0.15, 0.2) is 254 Å². The molecular weight excluding hydrogens is 881 g/mol. The van der Waals surface area contributed by atoms with Crippen molar-refractivity contribution in [2.75, 3.05) is 4.90 Å². The Labute approximate surface area is 415 Å². The number of benzene rings is 10. The largest absolute Gasteiger partial charge is 0.454 e. The van der Waals surface area contributed by atoms with E-state index < -0.39 is 0 Å². The second-order valence-corrected chi connectivity index (χ2v) is 19.6. The van der Waals surface area contributed by atoms with Gasteiger partial charge < -0.3 is 13.9 Å². The van der Waals surface area contributed by atoms with Gasteiger partial charge in [0.1, 0.15) is 5.58 Å². The Kier molecular flexibility index (Phi) is 9.61. The van der Waals surface area contributed by atoms with Crippen molar-refractivity contribution in [1.82, 2.24) is 4.57 Å². The summed E-state index contributed by atoms with van der Waals surface area (Å²) in [5.41, 5.74) is 18.8. The summed E-state index contributed by atoms with van der Waals surface area (Å²) in [6.07, 6.45) is 9.43. The van der Waals surface area contributed by atoms with E-state index in [0.29, 0.717) is 0 Å². The summed E-state index contributed by atoms with van der Waals surface area (Å²) in [7, 11) is 0. The van der Waals surface area contributed by atoms with Gasteiger partial charge in [0, 0.05) is 58.8 Å². The van der Waals surface area contributed by atoms with Crippen LogP contribution in [0.25, 0.3) is 109 Å². The summed E-state index contributed by atoms with van der Waals surface area (Å²) in [6.45, 7) is 4.54.